The first-order chi connectivity index (χ1) is 8.23. The van der Waals surface area contributed by atoms with Gasteiger partial charge in [0.15, 0.2) is 6.29 Å². The van der Waals surface area contributed by atoms with Crippen molar-refractivity contribution in [3.05, 3.63) is 6.92 Å². The molecule has 0 bridgehead atoms. The van der Waals surface area contributed by atoms with Crippen LogP contribution in [0, 0.1) is 6.92 Å². The van der Waals surface area contributed by atoms with Gasteiger partial charge in [0.05, 0.1) is 6.10 Å². The zero-order valence-corrected chi connectivity index (χ0v) is 11.0. The van der Waals surface area contributed by atoms with Crippen molar-refractivity contribution in [3.63, 3.8) is 0 Å². The van der Waals surface area contributed by atoms with E-state index in [9.17, 15) is 0 Å². The van der Waals surface area contributed by atoms with Gasteiger partial charge in [-0.05, 0) is 6.42 Å². The highest BCUT2D eigenvalue weighted by atomic mass is 16.7. The number of ether oxygens (including phenoxy) is 5. The molecule has 1 fully saturated rings. The second-order valence-corrected chi connectivity index (χ2v) is 4.02. The highest BCUT2D eigenvalue weighted by Crippen LogP contribution is 2.29. The van der Waals surface area contributed by atoms with E-state index in [-0.39, 0.29) is 24.4 Å². The molecule has 0 amide bonds. The lowest BCUT2D eigenvalue weighted by atomic mass is 9.95. The fourth-order valence-corrected chi connectivity index (χ4v) is 2.30. The van der Waals surface area contributed by atoms with Crippen molar-refractivity contribution in [2.75, 3.05) is 28.4 Å². The lowest BCUT2D eigenvalue weighted by molar-refractivity contribution is -0.303. The molecular formula is C12H23O5. The molecule has 1 heterocycles. The zero-order chi connectivity index (χ0) is 12.8. The Kier molecular flexibility index (Phi) is 6.37. The molecule has 0 aromatic carbocycles. The molecule has 1 rings (SSSR count). The van der Waals surface area contributed by atoms with Crippen molar-refractivity contribution >= 4 is 0 Å². The smallest absolute Gasteiger partial charge is 0.186 e. The Balaban J connectivity index is 2.84. The molecule has 0 saturated carbocycles. The number of rotatable bonds is 6. The monoisotopic (exact) mass is 247 g/mol. The Morgan fingerprint density at radius 3 is 1.88 bits per heavy atom. The molecule has 5 heteroatoms. The third-order valence-electron chi connectivity index (χ3n) is 3.13. The molecule has 0 aromatic rings. The van der Waals surface area contributed by atoms with Gasteiger partial charge in [0.1, 0.15) is 18.3 Å². The molecule has 1 aliphatic rings. The lowest BCUT2D eigenvalue weighted by Gasteiger charge is -2.44. The normalized spacial score (nSPS) is 38.3. The first-order valence-corrected chi connectivity index (χ1v) is 5.79. The minimum Gasteiger partial charge on any atom is -0.376 e. The van der Waals surface area contributed by atoms with Gasteiger partial charge in [-0.2, -0.15) is 0 Å². The molecule has 5 unspecified atom stereocenters. The number of hydrogen-bond acceptors (Lipinski definition) is 5. The van der Waals surface area contributed by atoms with Gasteiger partial charge >= 0.3 is 0 Å². The highest BCUT2D eigenvalue weighted by molar-refractivity contribution is 4.92. The standard InChI is InChI=1S/C12H23O5/c1-6-7-8-9(13-2)10(14-3)11(15-4)12(16-5)17-8/h8-12H,1,6-7H2,2-5H3. The van der Waals surface area contributed by atoms with Crippen LogP contribution in [0.15, 0.2) is 0 Å². The molecule has 17 heavy (non-hydrogen) atoms. The van der Waals surface area contributed by atoms with Gasteiger partial charge < -0.3 is 23.7 Å². The van der Waals surface area contributed by atoms with Gasteiger partial charge in [-0.3, -0.25) is 0 Å². The average molecular weight is 247 g/mol. The number of hydrogen-bond donors (Lipinski definition) is 0. The predicted molar refractivity (Wildman–Crippen MR) is 62.7 cm³/mol. The maximum absolute atomic E-state index is 5.82. The molecule has 101 valence electrons. The summed E-state index contributed by atoms with van der Waals surface area (Å²) < 4.78 is 27.4. The third-order valence-corrected chi connectivity index (χ3v) is 3.13. The summed E-state index contributed by atoms with van der Waals surface area (Å²) in [5.41, 5.74) is 0. The van der Waals surface area contributed by atoms with Crippen LogP contribution in [0.4, 0.5) is 0 Å². The Morgan fingerprint density at radius 1 is 0.882 bits per heavy atom. The average Bonchev–Trinajstić information content (AvgIpc) is 2.37. The van der Waals surface area contributed by atoms with E-state index < -0.39 is 6.29 Å². The summed E-state index contributed by atoms with van der Waals surface area (Å²) in [5.74, 6) is 0. The zero-order valence-electron chi connectivity index (χ0n) is 11.0. The maximum Gasteiger partial charge on any atom is 0.186 e. The summed E-state index contributed by atoms with van der Waals surface area (Å²) in [6.45, 7) is 3.84. The van der Waals surface area contributed by atoms with E-state index in [1.54, 1.807) is 28.4 Å². The minimum absolute atomic E-state index is 0.0844. The molecule has 0 spiro atoms. The summed E-state index contributed by atoms with van der Waals surface area (Å²) in [4.78, 5) is 0. The molecule has 1 aliphatic heterocycles. The molecule has 1 radical (unpaired) electrons. The summed E-state index contributed by atoms with van der Waals surface area (Å²) in [7, 11) is 6.50. The molecule has 0 aliphatic carbocycles. The highest BCUT2D eigenvalue weighted by Gasteiger charge is 2.46. The maximum atomic E-state index is 5.82. The van der Waals surface area contributed by atoms with Crippen molar-refractivity contribution in [1.82, 2.24) is 0 Å². The van der Waals surface area contributed by atoms with E-state index in [1.807, 2.05) is 0 Å². The summed E-state index contributed by atoms with van der Waals surface area (Å²) in [6.07, 6.45) is 0.380. The number of methoxy groups -OCH3 is 4. The van der Waals surface area contributed by atoms with Gasteiger partial charge in [0, 0.05) is 28.4 Å². The fourth-order valence-electron chi connectivity index (χ4n) is 2.30. The van der Waals surface area contributed by atoms with E-state index in [0.717, 1.165) is 12.8 Å². The summed E-state index contributed by atoms with van der Waals surface area (Å²) in [6, 6.07) is 0. The SMILES string of the molecule is [CH2]CCC1OC(OC)C(OC)C(OC)C1OC. The first kappa shape index (κ1) is 14.9. The first-order valence-electron chi connectivity index (χ1n) is 5.79. The predicted octanol–water partition coefficient (Wildman–Crippen LogP) is 1.02. The van der Waals surface area contributed by atoms with Crippen LogP contribution in [0.25, 0.3) is 0 Å². The largest absolute Gasteiger partial charge is 0.376 e. The van der Waals surface area contributed by atoms with Gasteiger partial charge in [-0.25, -0.2) is 0 Å². The molecule has 1 saturated heterocycles. The van der Waals surface area contributed by atoms with Gasteiger partial charge in [0.2, 0.25) is 0 Å². The van der Waals surface area contributed by atoms with E-state index in [2.05, 4.69) is 6.92 Å². The van der Waals surface area contributed by atoms with Crippen LogP contribution in [0.2, 0.25) is 0 Å². The van der Waals surface area contributed by atoms with Crippen LogP contribution in [-0.2, 0) is 23.7 Å². The minimum atomic E-state index is -0.437. The Labute approximate surface area is 103 Å². The van der Waals surface area contributed by atoms with Crippen LogP contribution in [0.3, 0.4) is 0 Å². The van der Waals surface area contributed by atoms with E-state index >= 15 is 0 Å². The Hall–Kier alpha value is -0.200. The van der Waals surface area contributed by atoms with E-state index in [0.29, 0.717) is 0 Å². The van der Waals surface area contributed by atoms with Crippen molar-refractivity contribution < 1.29 is 23.7 Å². The second-order valence-electron chi connectivity index (χ2n) is 4.02. The van der Waals surface area contributed by atoms with Gasteiger partial charge in [-0.1, -0.05) is 13.3 Å². The second kappa shape index (κ2) is 7.28. The van der Waals surface area contributed by atoms with Crippen molar-refractivity contribution in [1.29, 1.82) is 0 Å². The third kappa shape index (κ3) is 3.17. The van der Waals surface area contributed by atoms with Crippen LogP contribution >= 0.6 is 0 Å². The molecule has 5 nitrogen and oxygen atoms in total. The molecular weight excluding hydrogens is 224 g/mol. The van der Waals surface area contributed by atoms with Crippen LogP contribution in [-0.4, -0.2) is 59.1 Å². The van der Waals surface area contributed by atoms with Crippen LogP contribution in [0.5, 0.6) is 0 Å². The van der Waals surface area contributed by atoms with Crippen molar-refractivity contribution in [3.8, 4) is 0 Å². The summed E-state index contributed by atoms with van der Waals surface area (Å²) >= 11 is 0. The molecule has 0 aromatic heterocycles. The summed E-state index contributed by atoms with van der Waals surface area (Å²) in [5, 5.41) is 0. The van der Waals surface area contributed by atoms with Gasteiger partial charge in [-0.15, -0.1) is 0 Å². The Morgan fingerprint density at radius 2 is 1.47 bits per heavy atom. The van der Waals surface area contributed by atoms with E-state index in [4.69, 9.17) is 23.7 Å². The topological polar surface area (TPSA) is 46.2 Å². The van der Waals surface area contributed by atoms with Crippen molar-refractivity contribution in [2.45, 2.75) is 43.5 Å². The van der Waals surface area contributed by atoms with Crippen LogP contribution < -0.4 is 0 Å². The van der Waals surface area contributed by atoms with E-state index in [1.165, 1.54) is 0 Å². The molecule has 5 atom stereocenters. The Bertz CT molecular complexity index is 211. The molecule has 0 N–H and O–H groups in total. The van der Waals surface area contributed by atoms with Crippen LogP contribution in [0.1, 0.15) is 12.8 Å². The fraction of sp³-hybridized carbons (Fsp3) is 0.917. The lowest BCUT2D eigenvalue weighted by Crippen LogP contribution is -2.59. The quantitative estimate of drug-likeness (QED) is 0.701. The van der Waals surface area contributed by atoms with Gasteiger partial charge in [0.25, 0.3) is 0 Å². The van der Waals surface area contributed by atoms with Crippen molar-refractivity contribution in [2.24, 2.45) is 0 Å².